The molecule has 1 aromatic rings. The van der Waals surface area contributed by atoms with Crippen molar-refractivity contribution < 1.29 is 9.59 Å². The van der Waals surface area contributed by atoms with E-state index in [-0.39, 0.29) is 17.7 Å². The van der Waals surface area contributed by atoms with Crippen LogP contribution in [0.5, 0.6) is 0 Å². The molecule has 0 heterocycles. The van der Waals surface area contributed by atoms with Gasteiger partial charge in [-0.15, -0.1) is 0 Å². The van der Waals surface area contributed by atoms with Gasteiger partial charge in [0.25, 0.3) is 5.91 Å². The molecule has 5 heteroatoms. The molecule has 2 amide bonds. The van der Waals surface area contributed by atoms with E-state index >= 15 is 0 Å². The molecule has 0 saturated heterocycles. The van der Waals surface area contributed by atoms with Gasteiger partial charge >= 0.3 is 0 Å². The topological polar surface area (TPSA) is 75.4 Å². The highest BCUT2D eigenvalue weighted by atomic mass is 16.2. The minimum absolute atomic E-state index is 0.0696. The van der Waals surface area contributed by atoms with Gasteiger partial charge in [-0.2, -0.15) is 0 Å². The Kier molecular flexibility index (Phi) is 5.55. The normalized spacial score (nSPS) is 20.7. The first-order valence-corrected chi connectivity index (χ1v) is 7.83. The molecule has 1 aliphatic rings. The van der Waals surface area contributed by atoms with Crippen molar-refractivity contribution in [1.82, 2.24) is 10.2 Å². The zero-order valence-electron chi connectivity index (χ0n) is 13.3. The zero-order chi connectivity index (χ0) is 16.1. The lowest BCUT2D eigenvalue weighted by Gasteiger charge is -2.24. The number of nitrogens with one attached hydrogen (secondary N) is 1. The summed E-state index contributed by atoms with van der Waals surface area (Å²) in [4.78, 5) is 25.8. The number of rotatable bonds is 5. The Labute approximate surface area is 131 Å². The fourth-order valence-corrected chi connectivity index (χ4v) is 3.18. The molecule has 1 aromatic carbocycles. The van der Waals surface area contributed by atoms with Crippen LogP contribution in [-0.2, 0) is 11.3 Å². The van der Waals surface area contributed by atoms with Crippen LogP contribution >= 0.6 is 0 Å². The molecule has 22 heavy (non-hydrogen) atoms. The Bertz CT molecular complexity index is 527. The quantitative estimate of drug-likeness (QED) is 0.863. The van der Waals surface area contributed by atoms with Gasteiger partial charge in [-0.3, -0.25) is 9.59 Å². The Hall–Kier alpha value is -1.88. The molecule has 2 rings (SSSR count). The van der Waals surface area contributed by atoms with Crippen LogP contribution in [0.15, 0.2) is 24.3 Å². The van der Waals surface area contributed by atoms with Crippen molar-refractivity contribution in [3.05, 3.63) is 35.4 Å². The Balaban J connectivity index is 1.97. The van der Waals surface area contributed by atoms with Crippen LogP contribution in [0, 0.1) is 11.8 Å². The molecule has 0 unspecified atom stereocenters. The van der Waals surface area contributed by atoms with Gasteiger partial charge in [0, 0.05) is 32.1 Å². The van der Waals surface area contributed by atoms with Crippen molar-refractivity contribution in [2.75, 3.05) is 20.6 Å². The Morgan fingerprint density at radius 3 is 2.55 bits per heavy atom. The maximum Gasteiger partial charge on any atom is 0.251 e. The van der Waals surface area contributed by atoms with Crippen LogP contribution in [0.2, 0.25) is 0 Å². The molecular weight excluding hydrogens is 278 g/mol. The monoisotopic (exact) mass is 303 g/mol. The van der Waals surface area contributed by atoms with Crippen molar-refractivity contribution in [2.45, 2.75) is 25.8 Å². The van der Waals surface area contributed by atoms with E-state index in [4.69, 9.17) is 5.73 Å². The van der Waals surface area contributed by atoms with Gasteiger partial charge in [0.15, 0.2) is 0 Å². The lowest BCUT2D eigenvalue weighted by Crippen LogP contribution is -2.36. The van der Waals surface area contributed by atoms with Gasteiger partial charge in [0.05, 0.1) is 0 Å². The first-order chi connectivity index (χ1) is 10.6. The van der Waals surface area contributed by atoms with Gasteiger partial charge in [-0.1, -0.05) is 18.6 Å². The first kappa shape index (κ1) is 16.5. The molecule has 0 aromatic heterocycles. The smallest absolute Gasteiger partial charge is 0.251 e. The number of hydrogen-bond acceptors (Lipinski definition) is 3. The second-order valence-electron chi connectivity index (χ2n) is 6.00. The third kappa shape index (κ3) is 3.65. The number of nitrogens with two attached hydrogens (primary N) is 1. The zero-order valence-corrected chi connectivity index (χ0v) is 13.3. The summed E-state index contributed by atoms with van der Waals surface area (Å²) in [6, 6.07) is 7.35. The Morgan fingerprint density at radius 1 is 1.27 bits per heavy atom. The average Bonchev–Trinajstić information content (AvgIpc) is 3.02. The molecule has 1 aliphatic carbocycles. The van der Waals surface area contributed by atoms with Gasteiger partial charge in [-0.05, 0) is 43.0 Å². The van der Waals surface area contributed by atoms with E-state index in [2.05, 4.69) is 5.32 Å². The summed E-state index contributed by atoms with van der Waals surface area (Å²) in [5.74, 6) is 0.474. The fourth-order valence-electron chi connectivity index (χ4n) is 3.18. The van der Waals surface area contributed by atoms with Crippen LogP contribution in [0.4, 0.5) is 0 Å². The maximum atomic E-state index is 12.5. The van der Waals surface area contributed by atoms with Gasteiger partial charge < -0.3 is 16.0 Å². The van der Waals surface area contributed by atoms with Crippen LogP contribution in [0.25, 0.3) is 0 Å². The van der Waals surface area contributed by atoms with Crippen LogP contribution in [0.3, 0.4) is 0 Å². The van der Waals surface area contributed by atoms with Gasteiger partial charge in [-0.25, -0.2) is 0 Å². The second kappa shape index (κ2) is 7.40. The highest BCUT2D eigenvalue weighted by molar-refractivity contribution is 5.93. The second-order valence-corrected chi connectivity index (χ2v) is 6.00. The van der Waals surface area contributed by atoms with Crippen molar-refractivity contribution in [3.63, 3.8) is 0 Å². The molecule has 5 nitrogen and oxygen atoms in total. The number of carbonyl (C=O) groups is 2. The van der Waals surface area contributed by atoms with Gasteiger partial charge in [0.1, 0.15) is 0 Å². The average molecular weight is 303 g/mol. The third-order valence-electron chi connectivity index (χ3n) is 4.52. The molecule has 1 fully saturated rings. The predicted octanol–water partition coefficient (Wildman–Crippen LogP) is 1.38. The molecular formula is C17H25N3O2. The summed E-state index contributed by atoms with van der Waals surface area (Å²) in [6.07, 6.45) is 3.09. The van der Waals surface area contributed by atoms with E-state index in [0.29, 0.717) is 24.6 Å². The molecule has 1 saturated carbocycles. The van der Waals surface area contributed by atoms with Crippen molar-refractivity contribution >= 4 is 11.8 Å². The molecule has 0 radical (unpaired) electrons. The Morgan fingerprint density at radius 2 is 1.95 bits per heavy atom. The summed E-state index contributed by atoms with van der Waals surface area (Å²) >= 11 is 0. The predicted molar refractivity (Wildman–Crippen MR) is 86.2 cm³/mol. The van der Waals surface area contributed by atoms with E-state index in [1.54, 1.807) is 24.1 Å². The van der Waals surface area contributed by atoms with E-state index in [1.165, 1.54) is 0 Å². The number of benzene rings is 1. The fraction of sp³-hybridized carbons (Fsp3) is 0.529. The van der Waals surface area contributed by atoms with Crippen LogP contribution < -0.4 is 11.1 Å². The van der Waals surface area contributed by atoms with Crippen molar-refractivity contribution in [1.29, 1.82) is 0 Å². The largest absolute Gasteiger partial charge is 0.355 e. The minimum Gasteiger partial charge on any atom is -0.355 e. The summed E-state index contributed by atoms with van der Waals surface area (Å²) in [7, 11) is 3.44. The number of nitrogens with zero attached hydrogens (tertiary/aromatic N) is 1. The molecule has 2 atom stereocenters. The van der Waals surface area contributed by atoms with E-state index in [1.807, 2.05) is 19.2 Å². The number of hydrogen-bond donors (Lipinski definition) is 2. The summed E-state index contributed by atoms with van der Waals surface area (Å²) < 4.78 is 0. The van der Waals surface area contributed by atoms with Crippen molar-refractivity contribution in [2.24, 2.45) is 17.6 Å². The first-order valence-electron chi connectivity index (χ1n) is 7.83. The highest BCUT2D eigenvalue weighted by Gasteiger charge is 2.33. The summed E-state index contributed by atoms with van der Waals surface area (Å²) in [5, 5.41) is 2.59. The number of carbonyl (C=O) groups excluding carboxylic acids is 2. The number of amides is 2. The molecule has 0 aliphatic heterocycles. The van der Waals surface area contributed by atoms with Crippen molar-refractivity contribution in [3.8, 4) is 0 Å². The lowest BCUT2D eigenvalue weighted by molar-refractivity contribution is -0.135. The standard InChI is InChI=1S/C17H25N3O2/c1-19-16(21)13-8-6-12(7-9-13)11-20(2)17(22)15-5-3-4-14(15)10-18/h6-9,14-15H,3-5,10-11,18H2,1-2H3,(H,19,21)/t14-,15-/m1/s1. The molecule has 120 valence electrons. The lowest BCUT2D eigenvalue weighted by atomic mass is 9.94. The highest BCUT2D eigenvalue weighted by Crippen LogP contribution is 2.32. The molecule has 0 bridgehead atoms. The third-order valence-corrected chi connectivity index (χ3v) is 4.52. The maximum absolute atomic E-state index is 12.5. The molecule has 0 spiro atoms. The van der Waals surface area contributed by atoms with E-state index < -0.39 is 0 Å². The van der Waals surface area contributed by atoms with Crippen LogP contribution in [0.1, 0.15) is 35.2 Å². The van der Waals surface area contributed by atoms with Crippen LogP contribution in [-0.4, -0.2) is 37.4 Å². The SMILES string of the molecule is CNC(=O)c1ccc(CN(C)C(=O)[C@@H]2CCC[C@@H]2CN)cc1. The van der Waals surface area contributed by atoms with E-state index in [0.717, 1.165) is 24.8 Å². The van der Waals surface area contributed by atoms with Gasteiger partial charge in [0.2, 0.25) is 5.91 Å². The summed E-state index contributed by atoms with van der Waals surface area (Å²) in [6.45, 7) is 1.14. The minimum atomic E-state index is -0.104. The summed E-state index contributed by atoms with van der Waals surface area (Å²) in [5.41, 5.74) is 7.41. The molecule has 3 N–H and O–H groups in total. The van der Waals surface area contributed by atoms with E-state index in [9.17, 15) is 9.59 Å².